The first kappa shape index (κ1) is 23.8. The second-order valence-corrected chi connectivity index (χ2v) is 11.7. The maximum atomic E-state index is 6.60. The van der Waals surface area contributed by atoms with Gasteiger partial charge < -0.3 is 0 Å². The van der Waals surface area contributed by atoms with Crippen LogP contribution in [0.15, 0.2) is 42.5 Å². The van der Waals surface area contributed by atoms with Crippen LogP contribution in [-0.2, 0) is 5.41 Å². The van der Waals surface area contributed by atoms with Crippen molar-refractivity contribution < 1.29 is 0 Å². The van der Waals surface area contributed by atoms with Gasteiger partial charge in [-0.05, 0) is 56.0 Å². The van der Waals surface area contributed by atoms with Crippen molar-refractivity contribution >= 4 is 46.1 Å². The molecule has 5 rings (SSSR count). The van der Waals surface area contributed by atoms with Crippen LogP contribution in [0.2, 0.25) is 15.1 Å². The zero-order valence-corrected chi connectivity index (χ0v) is 22.4. The summed E-state index contributed by atoms with van der Waals surface area (Å²) in [5.41, 5.74) is 4.49. The molecule has 0 amide bonds. The Labute approximate surface area is 218 Å². The average Bonchev–Trinajstić information content (AvgIpc) is 3.55. The highest BCUT2D eigenvalue weighted by atomic mass is 35.5. The molecule has 2 heterocycles. The van der Waals surface area contributed by atoms with E-state index in [1.165, 1.54) is 25.7 Å². The maximum Gasteiger partial charge on any atom is 0.168 e. The van der Waals surface area contributed by atoms with Gasteiger partial charge in [-0.15, -0.1) is 10.2 Å². The van der Waals surface area contributed by atoms with Crippen molar-refractivity contribution in [2.75, 3.05) is 0 Å². The Hall–Kier alpha value is -1.92. The van der Waals surface area contributed by atoms with Crippen LogP contribution in [0.1, 0.15) is 50.1 Å². The molecule has 0 radical (unpaired) electrons. The summed E-state index contributed by atoms with van der Waals surface area (Å²) in [6.45, 7) is 6.66. The Morgan fingerprint density at radius 2 is 1.62 bits per heavy atom. The molecule has 0 aliphatic heterocycles. The number of rotatable bonds is 5. The van der Waals surface area contributed by atoms with Crippen LogP contribution >= 0.6 is 46.1 Å². The summed E-state index contributed by atoms with van der Waals surface area (Å²) in [7, 11) is 0. The molecule has 2 aromatic carbocycles. The molecule has 4 aromatic rings. The van der Waals surface area contributed by atoms with Crippen molar-refractivity contribution in [3.8, 4) is 27.6 Å². The molecule has 2 aromatic heterocycles. The average molecular weight is 532 g/mol. The van der Waals surface area contributed by atoms with E-state index in [0.717, 1.165) is 38.2 Å². The molecule has 8 heteroatoms. The van der Waals surface area contributed by atoms with E-state index in [-0.39, 0.29) is 5.41 Å². The number of aromatic nitrogens is 4. The van der Waals surface area contributed by atoms with E-state index in [1.54, 1.807) is 17.4 Å². The van der Waals surface area contributed by atoms with Gasteiger partial charge in [0.25, 0.3) is 0 Å². The quantitative estimate of drug-likeness (QED) is 0.258. The molecular formula is C26H25Cl3N4S. The SMILES string of the molecule is Cc1c(-c2nnc(C(C)(C)C3CCCC3)s2)nn(-c2ccc(Cl)cc2Cl)c1-c1ccc(Cl)cc1. The van der Waals surface area contributed by atoms with Crippen molar-refractivity contribution in [1.29, 1.82) is 0 Å². The predicted molar refractivity (Wildman–Crippen MR) is 143 cm³/mol. The standard InChI is InChI=1S/C26H25Cl3N4S/c1-15-22(24-30-31-25(34-24)26(2,3)17-6-4-5-7-17)32-33(21-13-12-19(28)14-20(21)29)23(15)16-8-10-18(27)11-9-16/h8-14,17H,4-7H2,1-3H3. The van der Waals surface area contributed by atoms with E-state index in [2.05, 4.69) is 31.0 Å². The summed E-state index contributed by atoms with van der Waals surface area (Å²) < 4.78 is 1.87. The van der Waals surface area contributed by atoms with Crippen LogP contribution in [0.25, 0.3) is 27.6 Å². The van der Waals surface area contributed by atoms with Crippen molar-refractivity contribution in [2.45, 2.75) is 51.9 Å². The van der Waals surface area contributed by atoms with Crippen molar-refractivity contribution in [3.63, 3.8) is 0 Å². The maximum absolute atomic E-state index is 6.60. The first-order valence-electron chi connectivity index (χ1n) is 11.4. The zero-order chi connectivity index (χ0) is 24.0. The Balaban J connectivity index is 1.64. The van der Waals surface area contributed by atoms with E-state index in [0.29, 0.717) is 21.0 Å². The normalized spacial score (nSPS) is 14.8. The fourth-order valence-corrected chi connectivity index (χ4v) is 6.56. The number of nitrogens with zero attached hydrogens (tertiary/aromatic N) is 4. The Morgan fingerprint density at radius 1 is 0.941 bits per heavy atom. The molecule has 0 unspecified atom stereocenters. The summed E-state index contributed by atoms with van der Waals surface area (Å²) in [6.07, 6.45) is 5.11. The lowest BCUT2D eigenvalue weighted by Gasteiger charge is -2.28. The number of hydrogen-bond acceptors (Lipinski definition) is 4. The minimum Gasteiger partial charge on any atom is -0.231 e. The van der Waals surface area contributed by atoms with E-state index in [4.69, 9.17) is 39.9 Å². The lowest BCUT2D eigenvalue weighted by atomic mass is 9.78. The van der Waals surface area contributed by atoms with Crippen LogP contribution in [0.3, 0.4) is 0 Å². The molecule has 0 N–H and O–H groups in total. The van der Waals surface area contributed by atoms with Crippen molar-refractivity contribution in [2.24, 2.45) is 5.92 Å². The first-order valence-corrected chi connectivity index (χ1v) is 13.4. The van der Waals surface area contributed by atoms with Crippen LogP contribution in [0, 0.1) is 12.8 Å². The minimum absolute atomic E-state index is 0.00137. The van der Waals surface area contributed by atoms with Gasteiger partial charge in [0.1, 0.15) is 10.7 Å². The van der Waals surface area contributed by atoms with Crippen LogP contribution < -0.4 is 0 Å². The van der Waals surface area contributed by atoms with Crippen LogP contribution in [-0.4, -0.2) is 20.0 Å². The lowest BCUT2D eigenvalue weighted by molar-refractivity contribution is 0.322. The smallest absolute Gasteiger partial charge is 0.168 e. The molecular weight excluding hydrogens is 507 g/mol. The summed E-state index contributed by atoms with van der Waals surface area (Å²) in [4.78, 5) is 0. The highest BCUT2D eigenvalue weighted by Gasteiger charge is 2.36. The first-order chi connectivity index (χ1) is 16.3. The molecule has 4 nitrogen and oxygen atoms in total. The van der Waals surface area contributed by atoms with Gasteiger partial charge in [0.2, 0.25) is 0 Å². The largest absolute Gasteiger partial charge is 0.231 e. The molecule has 0 spiro atoms. The van der Waals surface area contributed by atoms with Gasteiger partial charge >= 0.3 is 0 Å². The van der Waals surface area contributed by atoms with E-state index < -0.39 is 0 Å². The lowest BCUT2D eigenvalue weighted by Crippen LogP contribution is -2.26. The molecule has 176 valence electrons. The fourth-order valence-electron chi connectivity index (χ4n) is 4.87. The highest BCUT2D eigenvalue weighted by molar-refractivity contribution is 7.14. The molecule has 1 fully saturated rings. The van der Waals surface area contributed by atoms with Gasteiger partial charge in [0.15, 0.2) is 5.01 Å². The van der Waals surface area contributed by atoms with Gasteiger partial charge in [-0.3, -0.25) is 0 Å². The molecule has 1 aliphatic rings. The van der Waals surface area contributed by atoms with E-state index >= 15 is 0 Å². The second-order valence-electron chi connectivity index (χ2n) is 9.45. The second kappa shape index (κ2) is 9.27. The van der Waals surface area contributed by atoms with E-state index in [1.807, 2.05) is 41.1 Å². The number of benzene rings is 2. The third-order valence-electron chi connectivity index (χ3n) is 6.93. The fraction of sp³-hybridized carbons (Fsp3) is 0.346. The van der Waals surface area contributed by atoms with Crippen LogP contribution in [0.5, 0.6) is 0 Å². The van der Waals surface area contributed by atoms with Gasteiger partial charge in [-0.25, -0.2) is 4.68 Å². The summed E-state index contributed by atoms with van der Waals surface area (Å²) in [5, 5.41) is 17.9. The molecule has 0 saturated heterocycles. The van der Waals surface area contributed by atoms with Crippen LogP contribution in [0.4, 0.5) is 0 Å². The monoisotopic (exact) mass is 530 g/mol. The third-order valence-corrected chi connectivity index (χ3v) is 8.99. The van der Waals surface area contributed by atoms with Gasteiger partial charge in [-0.2, -0.15) is 5.10 Å². The third kappa shape index (κ3) is 4.28. The summed E-state index contributed by atoms with van der Waals surface area (Å²) in [5.74, 6) is 0.643. The summed E-state index contributed by atoms with van der Waals surface area (Å²) in [6, 6.07) is 13.2. The minimum atomic E-state index is 0.00137. The molecule has 0 bridgehead atoms. The van der Waals surface area contributed by atoms with Crippen molar-refractivity contribution in [3.05, 3.63) is 68.1 Å². The number of hydrogen-bond donors (Lipinski definition) is 0. The highest BCUT2D eigenvalue weighted by Crippen LogP contribution is 2.44. The predicted octanol–water partition coefficient (Wildman–Crippen LogP) is 8.79. The molecule has 0 atom stereocenters. The molecule has 1 saturated carbocycles. The molecule has 34 heavy (non-hydrogen) atoms. The van der Waals surface area contributed by atoms with Crippen molar-refractivity contribution in [1.82, 2.24) is 20.0 Å². The zero-order valence-electron chi connectivity index (χ0n) is 19.3. The van der Waals surface area contributed by atoms with Gasteiger partial charge in [0.05, 0.1) is 16.4 Å². The van der Waals surface area contributed by atoms with Gasteiger partial charge in [0, 0.05) is 26.6 Å². The Bertz CT molecular complexity index is 1330. The van der Waals surface area contributed by atoms with Gasteiger partial charge in [-0.1, -0.05) is 85.0 Å². The Kier molecular flexibility index (Phi) is 6.49. The number of halogens is 3. The Morgan fingerprint density at radius 3 is 2.29 bits per heavy atom. The topological polar surface area (TPSA) is 43.6 Å². The van der Waals surface area contributed by atoms with E-state index in [9.17, 15) is 0 Å². The summed E-state index contributed by atoms with van der Waals surface area (Å²) >= 11 is 20.6. The molecule has 1 aliphatic carbocycles.